The van der Waals surface area contributed by atoms with Crippen LogP contribution in [0.5, 0.6) is 0 Å². The number of nitriles is 1. The van der Waals surface area contributed by atoms with E-state index in [0.717, 1.165) is 32.4 Å². The van der Waals surface area contributed by atoms with Crippen molar-refractivity contribution in [1.82, 2.24) is 5.32 Å². The summed E-state index contributed by atoms with van der Waals surface area (Å²) in [5.41, 5.74) is 0.143. The molecule has 0 bridgehead atoms. The summed E-state index contributed by atoms with van der Waals surface area (Å²) in [6.07, 6.45) is 8.46. The lowest BCUT2D eigenvalue weighted by Gasteiger charge is -2.34. The van der Waals surface area contributed by atoms with E-state index in [1.807, 2.05) is 13.8 Å². The van der Waals surface area contributed by atoms with E-state index in [1.165, 1.54) is 25.7 Å². The molecule has 0 spiro atoms. The average molecular weight is 280 g/mol. The van der Waals surface area contributed by atoms with Crippen LogP contribution in [0.1, 0.15) is 72.6 Å². The first kappa shape index (κ1) is 17.5. The van der Waals surface area contributed by atoms with Crippen LogP contribution in [-0.4, -0.2) is 24.8 Å². The Morgan fingerprint density at radius 3 is 2.50 bits per heavy atom. The molecule has 3 nitrogen and oxygen atoms in total. The van der Waals surface area contributed by atoms with Crippen LogP contribution in [-0.2, 0) is 4.74 Å². The minimum Gasteiger partial charge on any atom is -0.378 e. The van der Waals surface area contributed by atoms with E-state index >= 15 is 0 Å². The fourth-order valence-electron chi connectivity index (χ4n) is 2.94. The molecule has 3 heteroatoms. The van der Waals surface area contributed by atoms with Crippen molar-refractivity contribution in [2.75, 3.05) is 13.2 Å². The molecule has 0 aliphatic heterocycles. The Morgan fingerprint density at radius 1 is 1.30 bits per heavy atom. The quantitative estimate of drug-likeness (QED) is 0.683. The predicted molar refractivity (Wildman–Crippen MR) is 83.5 cm³/mol. The molecule has 1 aliphatic carbocycles. The number of nitrogens with one attached hydrogen (secondary N) is 1. The van der Waals surface area contributed by atoms with Crippen LogP contribution in [0.15, 0.2) is 0 Å². The molecule has 1 unspecified atom stereocenters. The highest BCUT2D eigenvalue weighted by Crippen LogP contribution is 2.36. The number of hydrogen-bond acceptors (Lipinski definition) is 3. The summed E-state index contributed by atoms with van der Waals surface area (Å²) in [5.74, 6) is 0. The third kappa shape index (κ3) is 6.24. The molecule has 1 N–H and O–H groups in total. The zero-order valence-corrected chi connectivity index (χ0v) is 13.8. The van der Waals surface area contributed by atoms with Crippen molar-refractivity contribution in [2.45, 2.75) is 84.3 Å². The highest BCUT2D eigenvalue weighted by Gasteiger charge is 2.27. The smallest absolute Gasteiger partial charge is 0.103 e. The SMILES string of the molecule is CCNC(C)(C#N)CCCCOC1CCC(C)(C)CC1. The van der Waals surface area contributed by atoms with Gasteiger partial charge in [-0.15, -0.1) is 0 Å². The Morgan fingerprint density at radius 2 is 1.95 bits per heavy atom. The minimum absolute atomic E-state index is 0.371. The van der Waals surface area contributed by atoms with Gasteiger partial charge in [-0.1, -0.05) is 20.8 Å². The Bertz CT molecular complexity index is 311. The molecule has 116 valence electrons. The van der Waals surface area contributed by atoms with Crippen LogP contribution in [0.3, 0.4) is 0 Å². The molecule has 20 heavy (non-hydrogen) atoms. The molecule has 1 aliphatic rings. The Kier molecular flexibility index (Phi) is 6.99. The fraction of sp³-hybridized carbons (Fsp3) is 0.941. The Labute approximate surface area is 125 Å². The first-order chi connectivity index (χ1) is 9.41. The molecule has 1 fully saturated rings. The third-order valence-electron chi connectivity index (χ3n) is 4.52. The number of ether oxygens (including phenoxy) is 1. The van der Waals surface area contributed by atoms with E-state index in [1.54, 1.807) is 0 Å². The predicted octanol–water partition coefficient (Wildman–Crippen LogP) is 4.03. The van der Waals surface area contributed by atoms with E-state index in [9.17, 15) is 5.26 Å². The molecular formula is C17H32N2O. The third-order valence-corrected chi connectivity index (χ3v) is 4.52. The largest absolute Gasteiger partial charge is 0.378 e. The first-order valence-corrected chi connectivity index (χ1v) is 8.19. The van der Waals surface area contributed by atoms with Gasteiger partial charge in [-0.3, -0.25) is 5.32 Å². The van der Waals surface area contributed by atoms with Crippen LogP contribution in [0.4, 0.5) is 0 Å². The molecule has 1 atom stereocenters. The second kappa shape index (κ2) is 8.00. The molecule has 1 saturated carbocycles. The lowest BCUT2D eigenvalue weighted by molar-refractivity contribution is 0.00247. The molecule has 0 aromatic rings. The molecule has 0 radical (unpaired) electrons. The van der Waals surface area contributed by atoms with Gasteiger partial charge >= 0.3 is 0 Å². The summed E-state index contributed by atoms with van der Waals surface area (Å²) >= 11 is 0. The molecule has 1 rings (SSSR count). The molecule has 0 amide bonds. The highest BCUT2D eigenvalue weighted by atomic mass is 16.5. The van der Waals surface area contributed by atoms with Gasteiger partial charge in [0.25, 0.3) is 0 Å². The lowest BCUT2D eigenvalue weighted by Crippen LogP contribution is -2.40. The maximum Gasteiger partial charge on any atom is 0.103 e. The number of hydrogen-bond donors (Lipinski definition) is 1. The van der Waals surface area contributed by atoms with Gasteiger partial charge in [-0.25, -0.2) is 0 Å². The summed E-state index contributed by atoms with van der Waals surface area (Å²) in [5, 5.41) is 12.4. The molecule has 0 aromatic carbocycles. The van der Waals surface area contributed by atoms with E-state index in [0.29, 0.717) is 11.5 Å². The number of nitrogens with zero attached hydrogens (tertiary/aromatic N) is 1. The van der Waals surface area contributed by atoms with E-state index < -0.39 is 0 Å². The van der Waals surface area contributed by atoms with Gasteiger partial charge in [0.2, 0.25) is 0 Å². The Hall–Kier alpha value is -0.590. The standard InChI is InChI=1S/C17H32N2O/c1-5-19-17(4,14-18)10-6-7-13-20-15-8-11-16(2,3)12-9-15/h15,19H,5-13H2,1-4H3. The molecular weight excluding hydrogens is 248 g/mol. The fourth-order valence-corrected chi connectivity index (χ4v) is 2.94. The van der Waals surface area contributed by atoms with Crippen LogP contribution < -0.4 is 5.32 Å². The van der Waals surface area contributed by atoms with Crippen molar-refractivity contribution in [3.05, 3.63) is 0 Å². The topological polar surface area (TPSA) is 45.0 Å². The summed E-state index contributed by atoms with van der Waals surface area (Å²) < 4.78 is 5.98. The van der Waals surface area contributed by atoms with Crippen molar-refractivity contribution in [2.24, 2.45) is 5.41 Å². The minimum atomic E-state index is -0.371. The van der Waals surface area contributed by atoms with Crippen molar-refractivity contribution in [1.29, 1.82) is 5.26 Å². The number of unbranched alkanes of at least 4 members (excludes halogenated alkanes) is 1. The van der Waals surface area contributed by atoms with E-state index in [2.05, 4.69) is 25.2 Å². The van der Waals surface area contributed by atoms with Crippen LogP contribution in [0.2, 0.25) is 0 Å². The van der Waals surface area contributed by atoms with Crippen LogP contribution in [0, 0.1) is 16.7 Å². The first-order valence-electron chi connectivity index (χ1n) is 8.19. The molecule has 0 aromatic heterocycles. The van der Waals surface area contributed by atoms with E-state index in [4.69, 9.17) is 4.74 Å². The zero-order valence-electron chi connectivity index (χ0n) is 13.8. The maximum absolute atomic E-state index is 9.18. The van der Waals surface area contributed by atoms with Gasteiger partial charge in [0, 0.05) is 6.61 Å². The van der Waals surface area contributed by atoms with Gasteiger partial charge in [0.1, 0.15) is 5.54 Å². The zero-order chi connectivity index (χ0) is 15.1. The van der Waals surface area contributed by atoms with Crippen molar-refractivity contribution < 1.29 is 4.74 Å². The van der Waals surface area contributed by atoms with E-state index in [-0.39, 0.29) is 5.54 Å². The van der Waals surface area contributed by atoms with Crippen molar-refractivity contribution in [3.63, 3.8) is 0 Å². The van der Waals surface area contributed by atoms with Crippen molar-refractivity contribution in [3.8, 4) is 6.07 Å². The number of rotatable bonds is 8. The molecule has 0 saturated heterocycles. The van der Waals surface area contributed by atoms with Gasteiger partial charge in [0.15, 0.2) is 0 Å². The van der Waals surface area contributed by atoms with Crippen LogP contribution >= 0.6 is 0 Å². The van der Waals surface area contributed by atoms with Gasteiger partial charge in [-0.2, -0.15) is 5.26 Å². The summed E-state index contributed by atoms with van der Waals surface area (Å²) in [7, 11) is 0. The van der Waals surface area contributed by atoms with Gasteiger partial charge in [-0.05, 0) is 63.8 Å². The highest BCUT2D eigenvalue weighted by molar-refractivity contribution is 5.03. The molecule has 0 heterocycles. The van der Waals surface area contributed by atoms with Crippen LogP contribution in [0.25, 0.3) is 0 Å². The maximum atomic E-state index is 9.18. The van der Waals surface area contributed by atoms with Crippen molar-refractivity contribution >= 4 is 0 Å². The lowest BCUT2D eigenvalue weighted by atomic mass is 9.76. The monoisotopic (exact) mass is 280 g/mol. The summed E-state index contributed by atoms with van der Waals surface area (Å²) in [4.78, 5) is 0. The summed E-state index contributed by atoms with van der Waals surface area (Å²) in [6, 6.07) is 2.38. The van der Waals surface area contributed by atoms with Gasteiger partial charge in [0.05, 0.1) is 12.2 Å². The normalized spacial score (nSPS) is 22.1. The summed E-state index contributed by atoms with van der Waals surface area (Å²) in [6.45, 7) is 10.4. The second-order valence-electron chi connectivity index (χ2n) is 7.17. The average Bonchev–Trinajstić information content (AvgIpc) is 2.40. The Balaban J connectivity index is 2.10. The van der Waals surface area contributed by atoms with Gasteiger partial charge < -0.3 is 4.74 Å². The second-order valence-corrected chi connectivity index (χ2v) is 7.17.